The molecule has 0 fully saturated rings. The first-order chi connectivity index (χ1) is 11.2. The number of hydrogen-bond acceptors (Lipinski definition) is 6. The van der Waals surface area contributed by atoms with Gasteiger partial charge in [0.1, 0.15) is 24.4 Å². The number of aliphatic hydroxyl groups is 1. The summed E-state index contributed by atoms with van der Waals surface area (Å²) >= 11 is 0. The molecule has 0 unspecified atom stereocenters. The maximum Gasteiger partial charge on any atom is 0.243 e. The third-order valence-electron chi connectivity index (χ3n) is 3.65. The third-order valence-corrected chi connectivity index (χ3v) is 3.65. The number of rotatable bonds is 10. The Morgan fingerprint density at radius 1 is 1.04 bits per heavy atom. The van der Waals surface area contributed by atoms with Crippen molar-refractivity contribution < 1.29 is 24.3 Å². The smallest absolute Gasteiger partial charge is 0.243 e. The van der Waals surface area contributed by atoms with Crippen molar-refractivity contribution >= 4 is 24.0 Å². The lowest BCUT2D eigenvalue weighted by atomic mass is 9.97. The molecule has 6 N–H and O–H groups in total. The molecule has 9 nitrogen and oxygen atoms in total. The lowest BCUT2D eigenvalue weighted by molar-refractivity contribution is -0.133. The Balaban J connectivity index is 4.88. The standard InChI is InChI=1S/C15H28N4O5/c1-5-8(2)12(19-13(22)9(3)16)15(24)17-10(4)14(23)18-11(6-20)7-21/h6,8-12,21H,5,7,16H2,1-4H3,(H,17,24)(H,18,23)(H,19,22)/t8-,9-,10-,11+,12-/m0/s1. The Morgan fingerprint density at radius 2 is 1.62 bits per heavy atom. The fourth-order valence-corrected chi connectivity index (χ4v) is 1.79. The average molecular weight is 344 g/mol. The molecule has 3 amide bonds. The Kier molecular flexibility index (Phi) is 9.82. The first kappa shape index (κ1) is 22.0. The highest BCUT2D eigenvalue weighted by Crippen LogP contribution is 2.08. The van der Waals surface area contributed by atoms with Crippen molar-refractivity contribution in [2.45, 2.75) is 58.3 Å². The van der Waals surface area contributed by atoms with E-state index in [4.69, 9.17) is 10.8 Å². The normalized spacial score (nSPS) is 16.9. The third kappa shape index (κ3) is 7.05. The van der Waals surface area contributed by atoms with E-state index in [1.54, 1.807) is 6.92 Å². The molecule has 0 aliphatic rings. The largest absolute Gasteiger partial charge is 0.394 e. The summed E-state index contributed by atoms with van der Waals surface area (Å²) in [6.07, 6.45) is 1.03. The van der Waals surface area contributed by atoms with Crippen molar-refractivity contribution in [1.29, 1.82) is 0 Å². The van der Waals surface area contributed by atoms with E-state index in [2.05, 4.69) is 16.0 Å². The summed E-state index contributed by atoms with van der Waals surface area (Å²) in [4.78, 5) is 46.6. The van der Waals surface area contributed by atoms with Gasteiger partial charge in [-0.1, -0.05) is 20.3 Å². The molecule has 0 aromatic heterocycles. The molecule has 0 radical (unpaired) electrons. The molecule has 138 valence electrons. The molecule has 24 heavy (non-hydrogen) atoms. The van der Waals surface area contributed by atoms with Crippen LogP contribution in [0.2, 0.25) is 0 Å². The second kappa shape index (κ2) is 10.7. The minimum atomic E-state index is -1.03. The summed E-state index contributed by atoms with van der Waals surface area (Å²) in [5, 5.41) is 16.2. The molecular formula is C15H28N4O5. The van der Waals surface area contributed by atoms with Gasteiger partial charge in [0.25, 0.3) is 0 Å². The molecule has 0 aliphatic heterocycles. The van der Waals surface area contributed by atoms with E-state index < -0.39 is 48.5 Å². The first-order valence-electron chi connectivity index (χ1n) is 7.90. The van der Waals surface area contributed by atoms with Gasteiger partial charge in [-0.2, -0.15) is 0 Å². The van der Waals surface area contributed by atoms with E-state index in [-0.39, 0.29) is 5.92 Å². The number of carbonyl (C=O) groups is 4. The van der Waals surface area contributed by atoms with Gasteiger partial charge < -0.3 is 31.6 Å². The molecular weight excluding hydrogens is 316 g/mol. The monoisotopic (exact) mass is 344 g/mol. The van der Waals surface area contributed by atoms with Crippen molar-refractivity contribution in [3.63, 3.8) is 0 Å². The van der Waals surface area contributed by atoms with Crippen LogP contribution in [-0.2, 0) is 19.2 Å². The molecule has 0 bridgehead atoms. The van der Waals surface area contributed by atoms with Gasteiger partial charge in [0.2, 0.25) is 17.7 Å². The van der Waals surface area contributed by atoms with Gasteiger partial charge in [0.15, 0.2) is 0 Å². The van der Waals surface area contributed by atoms with Crippen LogP contribution in [0.15, 0.2) is 0 Å². The van der Waals surface area contributed by atoms with Crippen LogP contribution >= 0.6 is 0 Å². The second-order valence-electron chi connectivity index (χ2n) is 5.82. The molecule has 0 saturated heterocycles. The number of aliphatic hydroxyl groups excluding tert-OH is 1. The first-order valence-corrected chi connectivity index (χ1v) is 7.90. The summed E-state index contributed by atoms with van der Waals surface area (Å²) in [5.74, 6) is -1.76. The SMILES string of the molecule is CC[C@H](C)[C@H](NC(=O)[C@H](C)N)C(=O)N[C@@H](C)C(=O)N[C@H](C=O)CO. The molecule has 0 saturated carbocycles. The molecule has 0 heterocycles. The minimum Gasteiger partial charge on any atom is -0.394 e. The molecule has 0 spiro atoms. The van der Waals surface area contributed by atoms with Gasteiger partial charge in [0, 0.05) is 0 Å². The summed E-state index contributed by atoms with van der Waals surface area (Å²) in [7, 11) is 0. The van der Waals surface area contributed by atoms with Crippen LogP contribution in [-0.4, -0.2) is 59.9 Å². The van der Waals surface area contributed by atoms with E-state index in [1.807, 2.05) is 6.92 Å². The lowest BCUT2D eigenvalue weighted by Crippen LogP contribution is -2.57. The number of amides is 3. The Morgan fingerprint density at radius 3 is 2.04 bits per heavy atom. The number of nitrogens with two attached hydrogens (primary N) is 1. The number of aldehydes is 1. The maximum atomic E-state index is 12.4. The van der Waals surface area contributed by atoms with Crippen molar-refractivity contribution in [3.8, 4) is 0 Å². The molecule has 9 heteroatoms. The highest BCUT2D eigenvalue weighted by Gasteiger charge is 2.29. The van der Waals surface area contributed by atoms with Gasteiger partial charge in [-0.15, -0.1) is 0 Å². The topological polar surface area (TPSA) is 151 Å². The molecule has 0 aromatic carbocycles. The highest BCUT2D eigenvalue weighted by molar-refractivity contribution is 5.93. The van der Waals surface area contributed by atoms with Crippen LogP contribution < -0.4 is 21.7 Å². The van der Waals surface area contributed by atoms with E-state index in [0.29, 0.717) is 12.7 Å². The van der Waals surface area contributed by atoms with E-state index in [9.17, 15) is 19.2 Å². The predicted molar refractivity (Wildman–Crippen MR) is 87.7 cm³/mol. The summed E-state index contributed by atoms with van der Waals surface area (Å²) in [6, 6.07) is -3.56. The van der Waals surface area contributed by atoms with Crippen LogP contribution in [0.3, 0.4) is 0 Å². The van der Waals surface area contributed by atoms with Crippen molar-refractivity contribution in [1.82, 2.24) is 16.0 Å². The van der Waals surface area contributed by atoms with Gasteiger partial charge in [-0.05, 0) is 19.8 Å². The quantitative estimate of drug-likeness (QED) is 0.290. The summed E-state index contributed by atoms with van der Waals surface area (Å²) < 4.78 is 0. The van der Waals surface area contributed by atoms with E-state index in [0.717, 1.165) is 0 Å². The fraction of sp³-hybridized carbons (Fsp3) is 0.733. The zero-order valence-electron chi connectivity index (χ0n) is 14.5. The lowest BCUT2D eigenvalue weighted by Gasteiger charge is -2.26. The average Bonchev–Trinajstić information content (AvgIpc) is 2.55. The fourth-order valence-electron chi connectivity index (χ4n) is 1.79. The highest BCUT2D eigenvalue weighted by atomic mass is 16.3. The van der Waals surface area contributed by atoms with Gasteiger partial charge in [-0.3, -0.25) is 14.4 Å². The number of carbonyl (C=O) groups excluding carboxylic acids is 4. The van der Waals surface area contributed by atoms with Gasteiger partial charge in [0.05, 0.1) is 12.6 Å². The van der Waals surface area contributed by atoms with Crippen LogP contribution in [0, 0.1) is 5.92 Å². The Labute approximate surface area is 141 Å². The number of hydrogen-bond donors (Lipinski definition) is 5. The molecule has 0 rings (SSSR count). The second-order valence-corrected chi connectivity index (χ2v) is 5.82. The summed E-state index contributed by atoms with van der Waals surface area (Å²) in [5.41, 5.74) is 5.50. The van der Waals surface area contributed by atoms with Crippen molar-refractivity contribution in [2.24, 2.45) is 11.7 Å². The van der Waals surface area contributed by atoms with Crippen LogP contribution in [0.4, 0.5) is 0 Å². The van der Waals surface area contributed by atoms with Crippen LogP contribution in [0.5, 0.6) is 0 Å². The minimum absolute atomic E-state index is 0.164. The van der Waals surface area contributed by atoms with E-state index in [1.165, 1.54) is 13.8 Å². The van der Waals surface area contributed by atoms with Gasteiger partial charge >= 0.3 is 0 Å². The summed E-state index contributed by atoms with van der Waals surface area (Å²) in [6.45, 7) is 6.08. The van der Waals surface area contributed by atoms with E-state index >= 15 is 0 Å². The molecule has 0 aromatic rings. The van der Waals surface area contributed by atoms with Crippen LogP contribution in [0.1, 0.15) is 34.1 Å². The van der Waals surface area contributed by atoms with Gasteiger partial charge in [-0.25, -0.2) is 0 Å². The van der Waals surface area contributed by atoms with Crippen molar-refractivity contribution in [2.75, 3.05) is 6.61 Å². The molecule has 5 atom stereocenters. The Bertz CT molecular complexity index is 455. The zero-order chi connectivity index (χ0) is 18.9. The molecule has 0 aliphatic carbocycles. The maximum absolute atomic E-state index is 12.4. The number of nitrogens with one attached hydrogen (secondary N) is 3. The Hall–Kier alpha value is -2.00. The van der Waals surface area contributed by atoms with Crippen molar-refractivity contribution in [3.05, 3.63) is 0 Å². The zero-order valence-corrected chi connectivity index (χ0v) is 14.5. The van der Waals surface area contributed by atoms with Crippen LogP contribution in [0.25, 0.3) is 0 Å². The predicted octanol–water partition coefficient (Wildman–Crippen LogP) is -1.95.